The average molecular weight is 398 g/mol. The molecule has 1 heterocycles. The average Bonchev–Trinajstić information content (AvgIpc) is 2.49. The lowest BCUT2D eigenvalue weighted by Gasteiger charge is -2.39. The minimum absolute atomic E-state index is 0.125. The van der Waals surface area contributed by atoms with Gasteiger partial charge in [-0.15, -0.1) is 0 Å². The Kier molecular flexibility index (Phi) is 4.34. The summed E-state index contributed by atoms with van der Waals surface area (Å²) < 4.78 is 1.28. The Morgan fingerprint density at radius 3 is 1.90 bits per heavy atom. The number of hydrogen-bond acceptors (Lipinski definition) is 1. The number of benzene rings is 2. The van der Waals surface area contributed by atoms with E-state index in [1.165, 1.54) is 14.7 Å². The number of hydrogen-bond donors (Lipinski definition) is 1. The molecular weight excluding hydrogens is 381 g/mol. The summed E-state index contributed by atoms with van der Waals surface area (Å²) in [4.78, 5) is 0. The van der Waals surface area contributed by atoms with Gasteiger partial charge in [0.1, 0.15) is 0 Å². The molecule has 0 aliphatic carbocycles. The molecule has 0 amide bonds. The monoisotopic (exact) mass is 397 g/mol. The first kappa shape index (κ1) is 14.4. The molecule has 1 saturated heterocycles. The van der Waals surface area contributed by atoms with E-state index >= 15 is 0 Å². The molecule has 1 N–H and O–H groups in total. The molecule has 3 rings (SSSR count). The van der Waals surface area contributed by atoms with E-state index in [4.69, 9.17) is 11.6 Å². The van der Waals surface area contributed by atoms with Gasteiger partial charge in [0.05, 0.1) is 0 Å². The molecule has 20 heavy (non-hydrogen) atoms. The van der Waals surface area contributed by atoms with Crippen LogP contribution in [0.5, 0.6) is 0 Å². The zero-order chi connectivity index (χ0) is 14.0. The van der Waals surface area contributed by atoms with Crippen LogP contribution in [0, 0.1) is 3.57 Å². The highest BCUT2D eigenvalue weighted by molar-refractivity contribution is 14.1. The smallest absolute Gasteiger partial charge is 0.0406 e. The van der Waals surface area contributed by atoms with Crippen molar-refractivity contribution < 1.29 is 0 Å². The molecule has 0 saturated carbocycles. The van der Waals surface area contributed by atoms with E-state index in [1.54, 1.807) is 0 Å². The van der Waals surface area contributed by atoms with Crippen molar-refractivity contribution in [1.82, 2.24) is 5.32 Å². The molecule has 0 radical (unpaired) electrons. The summed E-state index contributed by atoms with van der Waals surface area (Å²) in [6.45, 7) is 2.13. The van der Waals surface area contributed by atoms with Gasteiger partial charge in [-0.2, -0.15) is 0 Å². The van der Waals surface area contributed by atoms with Gasteiger partial charge in [-0.3, -0.25) is 0 Å². The molecule has 0 atom stereocenters. The van der Waals surface area contributed by atoms with Crippen LogP contribution in [0.15, 0.2) is 48.5 Å². The fourth-order valence-electron chi connectivity index (χ4n) is 3.14. The van der Waals surface area contributed by atoms with Crippen LogP contribution >= 0.6 is 34.2 Å². The van der Waals surface area contributed by atoms with Crippen LogP contribution < -0.4 is 5.32 Å². The number of nitrogens with one attached hydrogen (secondary N) is 1. The van der Waals surface area contributed by atoms with Crippen molar-refractivity contribution in [3.63, 3.8) is 0 Å². The minimum Gasteiger partial charge on any atom is -0.317 e. The van der Waals surface area contributed by atoms with Crippen LogP contribution in [0.25, 0.3) is 0 Å². The Morgan fingerprint density at radius 2 is 1.35 bits per heavy atom. The second-order valence-electron chi connectivity index (χ2n) is 5.35. The van der Waals surface area contributed by atoms with Crippen molar-refractivity contribution in [3.05, 3.63) is 68.3 Å². The van der Waals surface area contributed by atoms with Gasteiger partial charge in [0.2, 0.25) is 0 Å². The summed E-state index contributed by atoms with van der Waals surface area (Å²) in [6, 6.07) is 17.4. The topological polar surface area (TPSA) is 12.0 Å². The van der Waals surface area contributed by atoms with Crippen molar-refractivity contribution in [2.24, 2.45) is 0 Å². The molecule has 0 unspecified atom stereocenters. The lowest BCUT2D eigenvalue weighted by molar-refractivity contribution is 0.362. The third kappa shape index (κ3) is 2.74. The van der Waals surface area contributed by atoms with Gasteiger partial charge in [0.25, 0.3) is 0 Å². The summed E-state index contributed by atoms with van der Waals surface area (Å²) in [6.07, 6.45) is 2.27. The Balaban J connectivity index is 2.08. The van der Waals surface area contributed by atoms with Gasteiger partial charge in [0, 0.05) is 14.0 Å². The van der Waals surface area contributed by atoms with Crippen molar-refractivity contribution >= 4 is 34.2 Å². The van der Waals surface area contributed by atoms with E-state index in [-0.39, 0.29) is 5.41 Å². The maximum Gasteiger partial charge on any atom is 0.0406 e. The van der Waals surface area contributed by atoms with Crippen LogP contribution in [0.3, 0.4) is 0 Å². The van der Waals surface area contributed by atoms with E-state index < -0.39 is 0 Å². The fraction of sp³-hybridized carbons (Fsp3) is 0.294. The lowest BCUT2D eigenvalue weighted by Crippen LogP contribution is -2.40. The number of halogens is 2. The first-order chi connectivity index (χ1) is 9.71. The van der Waals surface area contributed by atoms with Crippen LogP contribution in [0.2, 0.25) is 5.02 Å². The first-order valence-corrected chi connectivity index (χ1v) is 8.39. The quantitative estimate of drug-likeness (QED) is 0.730. The van der Waals surface area contributed by atoms with Gasteiger partial charge < -0.3 is 5.32 Å². The van der Waals surface area contributed by atoms with Gasteiger partial charge in [0.15, 0.2) is 0 Å². The predicted octanol–water partition coefficient (Wildman–Crippen LogP) is 4.61. The molecule has 104 valence electrons. The Bertz CT molecular complexity index is 523. The molecule has 1 aliphatic heterocycles. The first-order valence-electron chi connectivity index (χ1n) is 6.93. The maximum absolute atomic E-state index is 6.05. The van der Waals surface area contributed by atoms with Crippen molar-refractivity contribution in [2.45, 2.75) is 18.3 Å². The standard InChI is InChI=1S/C17H17ClIN/c18-15-5-1-13(2-6-15)17(9-11-20-12-10-17)14-3-7-16(19)8-4-14/h1-8,20H,9-12H2. The van der Waals surface area contributed by atoms with E-state index in [2.05, 4.69) is 64.3 Å². The number of piperidine rings is 1. The van der Waals surface area contributed by atoms with Crippen molar-refractivity contribution in [2.75, 3.05) is 13.1 Å². The zero-order valence-corrected chi connectivity index (χ0v) is 14.1. The Morgan fingerprint density at radius 1 is 0.850 bits per heavy atom. The summed E-state index contributed by atoms with van der Waals surface area (Å²) in [7, 11) is 0. The highest BCUT2D eigenvalue weighted by atomic mass is 127. The molecule has 1 aliphatic rings. The number of rotatable bonds is 2. The molecule has 1 fully saturated rings. The summed E-state index contributed by atoms with van der Waals surface area (Å²) in [5.74, 6) is 0. The second kappa shape index (κ2) is 6.04. The lowest BCUT2D eigenvalue weighted by atomic mass is 9.68. The highest BCUT2D eigenvalue weighted by Gasteiger charge is 2.35. The van der Waals surface area contributed by atoms with Crippen molar-refractivity contribution in [1.29, 1.82) is 0 Å². The van der Waals surface area contributed by atoms with E-state index in [9.17, 15) is 0 Å². The molecule has 2 aromatic rings. The third-order valence-corrected chi connectivity index (χ3v) is 5.22. The normalized spacial score (nSPS) is 17.9. The molecule has 0 bridgehead atoms. The maximum atomic E-state index is 6.05. The third-order valence-electron chi connectivity index (χ3n) is 4.25. The molecule has 0 aromatic heterocycles. The van der Waals surface area contributed by atoms with Gasteiger partial charge in [-0.05, 0) is 83.9 Å². The van der Waals surface area contributed by atoms with E-state index in [0.717, 1.165) is 31.0 Å². The SMILES string of the molecule is Clc1ccc(C2(c3ccc(I)cc3)CCNCC2)cc1. The second-order valence-corrected chi connectivity index (χ2v) is 7.03. The van der Waals surface area contributed by atoms with Gasteiger partial charge in [-0.25, -0.2) is 0 Å². The summed E-state index contributed by atoms with van der Waals surface area (Å²) in [5, 5.41) is 4.28. The fourth-order valence-corrected chi connectivity index (χ4v) is 3.62. The van der Waals surface area contributed by atoms with Gasteiger partial charge >= 0.3 is 0 Å². The molecule has 3 heteroatoms. The summed E-state index contributed by atoms with van der Waals surface area (Å²) >= 11 is 8.41. The van der Waals surface area contributed by atoms with Crippen molar-refractivity contribution in [3.8, 4) is 0 Å². The molecular formula is C17H17ClIN. The van der Waals surface area contributed by atoms with Gasteiger partial charge in [-0.1, -0.05) is 35.9 Å². The minimum atomic E-state index is 0.125. The zero-order valence-electron chi connectivity index (χ0n) is 11.2. The van der Waals surface area contributed by atoms with E-state index in [1.807, 2.05) is 12.1 Å². The predicted molar refractivity (Wildman–Crippen MR) is 93.5 cm³/mol. The van der Waals surface area contributed by atoms with E-state index in [0.29, 0.717) is 0 Å². The van der Waals surface area contributed by atoms with Crippen LogP contribution in [-0.4, -0.2) is 13.1 Å². The summed E-state index contributed by atoms with van der Waals surface area (Å²) in [5.41, 5.74) is 2.92. The van der Waals surface area contributed by atoms with Crippen LogP contribution in [-0.2, 0) is 5.41 Å². The van der Waals surface area contributed by atoms with Crippen LogP contribution in [0.1, 0.15) is 24.0 Å². The molecule has 0 spiro atoms. The largest absolute Gasteiger partial charge is 0.317 e. The molecule has 1 nitrogen and oxygen atoms in total. The van der Waals surface area contributed by atoms with Crippen LogP contribution in [0.4, 0.5) is 0 Å². The molecule has 2 aromatic carbocycles. The Hall–Kier alpha value is -0.580. The highest BCUT2D eigenvalue weighted by Crippen LogP contribution is 2.40. The Labute approximate surface area is 138 Å².